The zero-order valence-corrected chi connectivity index (χ0v) is 17.0. The average molecular weight is 466 g/mol. The lowest BCUT2D eigenvalue weighted by molar-refractivity contribution is -0.147. The highest BCUT2D eigenvalue weighted by atomic mass is 35.5. The number of amides is 4. The molecule has 166 valence electrons. The molecule has 0 radical (unpaired) electrons. The van der Waals surface area contributed by atoms with Gasteiger partial charge in [0, 0.05) is 38.4 Å². The van der Waals surface area contributed by atoms with Crippen LogP contribution >= 0.6 is 11.6 Å². The number of benzene rings is 2. The molecule has 2 aromatic rings. The lowest BCUT2D eigenvalue weighted by atomic mass is 10.0. The van der Waals surface area contributed by atoms with Gasteiger partial charge in [-0.25, -0.2) is 0 Å². The van der Waals surface area contributed by atoms with Crippen LogP contribution in [0.15, 0.2) is 42.5 Å². The molecule has 0 bridgehead atoms. The summed E-state index contributed by atoms with van der Waals surface area (Å²) in [7, 11) is 0. The first-order valence-corrected chi connectivity index (χ1v) is 9.74. The first-order chi connectivity index (χ1) is 16.8. The van der Waals surface area contributed by atoms with E-state index in [0.29, 0.717) is 0 Å². The average Bonchev–Trinajstić information content (AvgIpc) is 3.17. The number of fused-ring (bicyclic) bond motifs is 1. The summed E-state index contributed by atoms with van der Waals surface area (Å²) in [6, 6.07) is 5.82. The number of piperidine rings is 1. The highest BCUT2D eigenvalue weighted by Crippen LogP contribution is 2.30. The van der Waals surface area contributed by atoms with Gasteiger partial charge in [-0.1, -0.05) is 35.9 Å². The second kappa shape index (κ2) is 8.31. The van der Waals surface area contributed by atoms with Crippen LogP contribution in [0.4, 0.5) is 8.78 Å². The molecule has 10 heteroatoms. The van der Waals surface area contributed by atoms with Gasteiger partial charge >= 0.3 is 5.92 Å². The van der Waals surface area contributed by atoms with Crippen molar-refractivity contribution < 1.29 is 33.5 Å². The first kappa shape index (κ1) is 17.3. The topological polar surface area (TPSA) is 95.6 Å². The summed E-state index contributed by atoms with van der Waals surface area (Å²) in [5.41, 5.74) is -0.0697. The Bertz CT molecular complexity index is 1280. The predicted octanol–water partition coefficient (Wildman–Crippen LogP) is 2.51. The Labute approximate surface area is 192 Å². The van der Waals surface area contributed by atoms with E-state index in [1.165, 1.54) is 30.3 Å². The zero-order chi connectivity index (χ0) is 26.6. The third-order valence-corrected chi connectivity index (χ3v) is 5.26. The second-order valence-corrected chi connectivity index (χ2v) is 7.56. The summed E-state index contributed by atoms with van der Waals surface area (Å²) < 4.78 is 61.4. The van der Waals surface area contributed by atoms with Crippen molar-refractivity contribution in [2.75, 3.05) is 0 Å². The third-order valence-electron chi connectivity index (χ3n) is 5.01. The molecule has 4 amide bonds. The van der Waals surface area contributed by atoms with Crippen molar-refractivity contribution in [1.29, 1.82) is 0 Å². The van der Waals surface area contributed by atoms with Crippen LogP contribution in [0.3, 0.4) is 0 Å². The Morgan fingerprint density at radius 3 is 2.72 bits per heavy atom. The van der Waals surface area contributed by atoms with E-state index in [-0.39, 0.29) is 33.6 Å². The molecule has 0 aromatic heterocycles. The van der Waals surface area contributed by atoms with Crippen molar-refractivity contribution in [3.63, 3.8) is 0 Å². The van der Waals surface area contributed by atoms with Gasteiger partial charge in [-0.2, -0.15) is 8.78 Å². The van der Waals surface area contributed by atoms with Crippen molar-refractivity contribution in [3.05, 3.63) is 69.7 Å². The summed E-state index contributed by atoms with van der Waals surface area (Å²) in [5.74, 6) is -8.80. The van der Waals surface area contributed by atoms with E-state index < -0.39 is 60.5 Å². The van der Waals surface area contributed by atoms with Gasteiger partial charge in [-0.05, 0) is 35.7 Å². The van der Waals surface area contributed by atoms with Crippen molar-refractivity contribution >= 4 is 35.2 Å². The van der Waals surface area contributed by atoms with Gasteiger partial charge < -0.3 is 10.2 Å². The van der Waals surface area contributed by atoms with E-state index in [0.717, 1.165) is 17.0 Å². The van der Waals surface area contributed by atoms with Gasteiger partial charge in [0.2, 0.25) is 11.8 Å². The van der Waals surface area contributed by atoms with E-state index in [1.54, 1.807) is 0 Å². The SMILES string of the molecule is [2H]C1C(=O)NC(=O)[C@@]([2H])(N2Cc3cc(CN([2H])C(=O)C(F)(F)c4ccc(Cl)cc4)ccc3C2=O)C1[2H]. The number of alkyl halides is 2. The van der Waals surface area contributed by atoms with Crippen LogP contribution in [0.25, 0.3) is 0 Å². The minimum Gasteiger partial charge on any atom is -0.346 e. The molecule has 32 heavy (non-hydrogen) atoms. The number of nitrogens with zero attached hydrogens (tertiary/aromatic N) is 1. The van der Waals surface area contributed by atoms with Crippen LogP contribution in [-0.4, -0.2) is 34.5 Å². The highest BCUT2D eigenvalue weighted by Gasteiger charge is 2.41. The molecule has 0 aliphatic carbocycles. The number of imide groups is 1. The fourth-order valence-corrected chi connectivity index (χ4v) is 3.50. The van der Waals surface area contributed by atoms with Crippen LogP contribution in [-0.2, 0) is 33.4 Å². The van der Waals surface area contributed by atoms with Crippen molar-refractivity contribution in [2.24, 2.45) is 0 Å². The molecule has 2 heterocycles. The Hall–Kier alpha value is -3.33. The van der Waals surface area contributed by atoms with Crippen molar-refractivity contribution in [1.82, 2.24) is 15.5 Å². The smallest absolute Gasteiger partial charge is 0.346 e. The molecule has 2 aromatic carbocycles. The molecular formula is C22H18ClF2N3O4. The van der Waals surface area contributed by atoms with Gasteiger partial charge in [-0.3, -0.25) is 24.5 Å². The van der Waals surface area contributed by atoms with E-state index in [4.69, 9.17) is 17.1 Å². The summed E-state index contributed by atoms with van der Waals surface area (Å²) >= 11 is 5.69. The third kappa shape index (κ3) is 4.08. The summed E-state index contributed by atoms with van der Waals surface area (Å²) in [6.45, 7) is -0.886. The van der Waals surface area contributed by atoms with Gasteiger partial charge in [-0.15, -0.1) is 0 Å². The molecule has 2 aliphatic rings. The Morgan fingerprint density at radius 1 is 1.28 bits per heavy atom. The minimum absolute atomic E-state index is 0.0677. The molecule has 2 N–H and O–H groups in total. The van der Waals surface area contributed by atoms with E-state index in [1.807, 2.05) is 5.32 Å². The molecule has 2 unspecified atom stereocenters. The number of hydrogen-bond donors (Lipinski definition) is 2. The van der Waals surface area contributed by atoms with Gasteiger partial charge in [0.1, 0.15) is 6.02 Å². The van der Waals surface area contributed by atoms with Crippen LogP contribution in [0, 0.1) is 0 Å². The van der Waals surface area contributed by atoms with Crippen LogP contribution in [0.5, 0.6) is 0 Å². The normalized spacial score (nSPS) is 27.1. The molecule has 7 nitrogen and oxygen atoms in total. The number of carbonyl (C=O) groups is 4. The number of rotatable bonds is 5. The fourth-order valence-electron chi connectivity index (χ4n) is 3.37. The van der Waals surface area contributed by atoms with Gasteiger partial charge in [0.15, 0.2) is 1.41 Å². The van der Waals surface area contributed by atoms with Gasteiger partial charge in [0.25, 0.3) is 11.8 Å². The quantitative estimate of drug-likeness (QED) is 0.663. The molecule has 3 atom stereocenters. The maximum absolute atomic E-state index is 14.6. The van der Waals surface area contributed by atoms with E-state index >= 15 is 0 Å². The van der Waals surface area contributed by atoms with E-state index in [9.17, 15) is 28.0 Å². The Morgan fingerprint density at radius 2 is 2.00 bits per heavy atom. The minimum atomic E-state index is -3.99. The number of halogens is 3. The Balaban J connectivity index is 1.53. The highest BCUT2D eigenvalue weighted by molar-refractivity contribution is 6.30. The number of carbonyl (C=O) groups excluding carboxylic acids is 4. The lowest BCUT2D eigenvalue weighted by Crippen LogP contribution is -2.52. The molecular weight excluding hydrogens is 444 g/mol. The van der Waals surface area contributed by atoms with Crippen LogP contribution in [0.1, 0.15) is 44.0 Å². The first-order valence-electron chi connectivity index (χ1n) is 11.5. The van der Waals surface area contributed by atoms with Crippen molar-refractivity contribution in [3.8, 4) is 0 Å². The zero-order valence-electron chi connectivity index (χ0n) is 20.3. The van der Waals surface area contributed by atoms with Crippen LogP contribution in [0.2, 0.25) is 6.43 Å². The molecule has 4 rings (SSSR count). The van der Waals surface area contributed by atoms with Gasteiger partial charge in [0.05, 0.1) is 1.37 Å². The largest absolute Gasteiger partial charge is 0.349 e. The maximum Gasteiger partial charge on any atom is 0.349 e. The second-order valence-electron chi connectivity index (χ2n) is 7.12. The molecule has 1 fully saturated rings. The van der Waals surface area contributed by atoms with Crippen molar-refractivity contribution in [2.45, 2.75) is 37.8 Å². The summed E-state index contributed by atoms with van der Waals surface area (Å²) in [5, 5.41) is 2.13. The lowest BCUT2D eigenvalue weighted by Gasteiger charge is -2.29. The molecule has 0 saturated carbocycles. The maximum atomic E-state index is 14.6. The standard InChI is InChI=1S/C22H18ClF2N3O4/c23-15-4-2-14(3-5-15)22(24,25)21(32)26-10-12-1-6-16-13(9-12)11-28(20(16)31)17-7-8-18(29)27-19(17)30/h1-6,9,17H,7-8,10-11H2,(H,26,32)(H,27,29,30)/t17-/m0/s1/i7D,8D,17D/hD/t7?,8?,17-. The molecule has 0 spiro atoms. The Kier molecular flexibility index (Phi) is 4.48. The molecule has 1 saturated heterocycles. The van der Waals surface area contributed by atoms with Crippen LogP contribution < -0.4 is 10.6 Å². The summed E-state index contributed by atoms with van der Waals surface area (Å²) in [4.78, 5) is 50.1. The monoisotopic (exact) mass is 465 g/mol. The molecule has 2 aliphatic heterocycles. The predicted molar refractivity (Wildman–Crippen MR) is 110 cm³/mol. The fraction of sp³-hybridized carbons (Fsp3) is 0.273. The number of hydrogen-bond acceptors (Lipinski definition) is 4. The summed E-state index contributed by atoms with van der Waals surface area (Å²) in [6.07, 6.45) is -3.63. The van der Waals surface area contributed by atoms with E-state index in [2.05, 4.69) is 0 Å². The number of nitrogens with one attached hydrogen (secondary N) is 2.